The molecule has 1 aliphatic heterocycles. The summed E-state index contributed by atoms with van der Waals surface area (Å²) in [5, 5.41) is 24.8. The maximum Gasteiger partial charge on any atom is 0.341 e. The third kappa shape index (κ3) is 3.64. The normalized spacial score (nSPS) is 15.4. The number of tetrazole rings is 1. The number of carbonyl (C=O) groups is 1. The number of anilines is 1. The lowest BCUT2D eigenvalue weighted by atomic mass is 10.0. The van der Waals surface area contributed by atoms with Crippen LogP contribution in [0.1, 0.15) is 17.2 Å². The van der Waals surface area contributed by atoms with Gasteiger partial charge in [0.2, 0.25) is 5.95 Å². The highest BCUT2D eigenvalue weighted by atomic mass is 35.5. The van der Waals surface area contributed by atoms with E-state index in [1.807, 2.05) is 18.2 Å². The summed E-state index contributed by atoms with van der Waals surface area (Å²) in [4.78, 5) is 10.6. The molecule has 10 heteroatoms. The Bertz CT molecular complexity index is 1070. The number of nitrogens with zero attached hydrogens (tertiary/aromatic N) is 4. The van der Waals surface area contributed by atoms with E-state index >= 15 is 0 Å². The number of allylic oxidation sites excluding steroid dienone is 1. The second-order valence-electron chi connectivity index (χ2n) is 5.97. The largest absolute Gasteiger partial charge is 0.482 e. The molecule has 0 aliphatic carbocycles. The van der Waals surface area contributed by atoms with Gasteiger partial charge in [0, 0.05) is 21.3 Å². The van der Waals surface area contributed by atoms with E-state index in [9.17, 15) is 4.79 Å². The standard InChI is InChI=1S/C18H13Cl2N5O3/c19-11-3-6-14(20)13(7-11)15-8-16(25-18(21-15)22-23-24-25)10-1-4-12(5-2-10)28-9-17(26)27/h1-8,16H,9H2,(H,26,27)(H,21,22,24). The van der Waals surface area contributed by atoms with Crippen molar-refractivity contribution >= 4 is 40.8 Å². The van der Waals surface area contributed by atoms with Gasteiger partial charge in [0.1, 0.15) is 11.8 Å². The third-order valence-electron chi connectivity index (χ3n) is 4.13. The Hall–Kier alpha value is -3.10. The molecule has 0 bridgehead atoms. The van der Waals surface area contributed by atoms with Crippen LogP contribution in [-0.2, 0) is 4.79 Å². The number of carboxylic acid groups (broad SMARTS) is 1. The first kappa shape index (κ1) is 18.3. The zero-order valence-electron chi connectivity index (χ0n) is 14.2. The number of fused-ring (bicyclic) bond motifs is 1. The van der Waals surface area contributed by atoms with E-state index in [2.05, 4.69) is 20.8 Å². The van der Waals surface area contributed by atoms with Gasteiger partial charge in [-0.25, -0.2) is 4.79 Å². The molecule has 2 aromatic carbocycles. The van der Waals surface area contributed by atoms with Crippen LogP contribution in [0.4, 0.5) is 5.95 Å². The number of rotatable bonds is 5. The molecule has 2 heterocycles. The molecule has 0 amide bonds. The third-order valence-corrected chi connectivity index (χ3v) is 4.69. The van der Waals surface area contributed by atoms with E-state index in [1.54, 1.807) is 35.0 Å². The Morgan fingerprint density at radius 1 is 1.21 bits per heavy atom. The number of ether oxygens (including phenoxy) is 1. The lowest BCUT2D eigenvalue weighted by molar-refractivity contribution is -0.139. The number of hydrogen-bond donors (Lipinski definition) is 2. The molecule has 2 N–H and O–H groups in total. The van der Waals surface area contributed by atoms with Crippen molar-refractivity contribution in [2.45, 2.75) is 6.04 Å². The maximum atomic E-state index is 10.6. The van der Waals surface area contributed by atoms with Crippen LogP contribution in [0.2, 0.25) is 10.0 Å². The van der Waals surface area contributed by atoms with Gasteiger partial charge in [0.15, 0.2) is 6.61 Å². The highest BCUT2D eigenvalue weighted by Gasteiger charge is 2.25. The van der Waals surface area contributed by atoms with Gasteiger partial charge in [-0.15, -0.1) is 0 Å². The fourth-order valence-electron chi connectivity index (χ4n) is 2.86. The first-order valence-electron chi connectivity index (χ1n) is 8.18. The Morgan fingerprint density at radius 3 is 2.75 bits per heavy atom. The SMILES string of the molecule is O=C(O)COc1ccc(C2C=C(c3cc(Cl)ccc3Cl)Nc3nnnn32)cc1. The first-order valence-corrected chi connectivity index (χ1v) is 8.93. The molecule has 1 unspecified atom stereocenters. The molecule has 4 rings (SSSR count). The minimum Gasteiger partial charge on any atom is -0.482 e. The Kier molecular flexibility index (Phi) is 4.89. The molecule has 1 aromatic heterocycles. The Morgan fingerprint density at radius 2 is 2.00 bits per heavy atom. The van der Waals surface area contributed by atoms with Crippen molar-refractivity contribution in [3.05, 3.63) is 69.7 Å². The lowest BCUT2D eigenvalue weighted by Gasteiger charge is -2.24. The van der Waals surface area contributed by atoms with Crippen LogP contribution < -0.4 is 10.1 Å². The summed E-state index contributed by atoms with van der Waals surface area (Å²) in [5.74, 6) is -0.115. The van der Waals surface area contributed by atoms with Crippen molar-refractivity contribution in [3.8, 4) is 5.75 Å². The molecule has 8 nitrogen and oxygen atoms in total. The van der Waals surface area contributed by atoms with Gasteiger partial charge in [-0.2, -0.15) is 4.68 Å². The van der Waals surface area contributed by atoms with Crippen LogP contribution >= 0.6 is 23.2 Å². The number of benzene rings is 2. The number of halogens is 2. The number of aromatic nitrogens is 4. The average molecular weight is 418 g/mol. The minimum atomic E-state index is -1.04. The smallest absolute Gasteiger partial charge is 0.341 e. The first-order chi connectivity index (χ1) is 13.5. The molecule has 0 spiro atoms. The summed E-state index contributed by atoms with van der Waals surface area (Å²) >= 11 is 12.5. The van der Waals surface area contributed by atoms with E-state index in [0.717, 1.165) is 16.8 Å². The quantitative estimate of drug-likeness (QED) is 0.654. The summed E-state index contributed by atoms with van der Waals surface area (Å²) in [6.07, 6.45) is 1.94. The number of hydrogen-bond acceptors (Lipinski definition) is 6. The van der Waals surface area contributed by atoms with E-state index in [-0.39, 0.29) is 6.04 Å². The van der Waals surface area contributed by atoms with E-state index in [1.165, 1.54) is 0 Å². The zero-order chi connectivity index (χ0) is 19.7. The molecule has 142 valence electrons. The molecule has 3 aromatic rings. The van der Waals surface area contributed by atoms with Crippen LogP contribution in [-0.4, -0.2) is 37.9 Å². The monoisotopic (exact) mass is 417 g/mol. The second kappa shape index (κ2) is 7.49. The van der Waals surface area contributed by atoms with Crippen LogP contribution in [0.15, 0.2) is 48.5 Å². The molecule has 0 radical (unpaired) electrons. The van der Waals surface area contributed by atoms with Crippen molar-refractivity contribution in [2.75, 3.05) is 11.9 Å². The highest BCUT2D eigenvalue weighted by Crippen LogP contribution is 2.35. The zero-order valence-corrected chi connectivity index (χ0v) is 15.7. The van der Waals surface area contributed by atoms with Crippen LogP contribution in [0.25, 0.3) is 5.70 Å². The Labute approximate surface area is 169 Å². The van der Waals surface area contributed by atoms with Gasteiger partial charge in [-0.05, 0) is 52.4 Å². The number of aliphatic carboxylic acids is 1. The highest BCUT2D eigenvalue weighted by molar-refractivity contribution is 6.34. The number of carboxylic acids is 1. The maximum absolute atomic E-state index is 10.6. The van der Waals surface area contributed by atoms with Crippen molar-refractivity contribution < 1.29 is 14.6 Å². The fourth-order valence-corrected chi connectivity index (χ4v) is 3.25. The molecular formula is C18H13Cl2N5O3. The number of nitrogens with one attached hydrogen (secondary N) is 1. The summed E-state index contributed by atoms with van der Waals surface area (Å²) in [6, 6.07) is 12.0. The predicted octanol–water partition coefficient (Wildman–Crippen LogP) is 3.50. The van der Waals surface area contributed by atoms with Crippen LogP contribution in [0.5, 0.6) is 5.75 Å². The van der Waals surface area contributed by atoms with Gasteiger partial charge in [-0.3, -0.25) is 0 Å². The van der Waals surface area contributed by atoms with Gasteiger partial charge in [0.25, 0.3) is 0 Å². The van der Waals surface area contributed by atoms with Crippen molar-refractivity contribution in [3.63, 3.8) is 0 Å². The fraction of sp³-hybridized carbons (Fsp3) is 0.111. The minimum absolute atomic E-state index is 0.301. The van der Waals surface area contributed by atoms with Crippen LogP contribution in [0.3, 0.4) is 0 Å². The topological polar surface area (TPSA) is 102 Å². The predicted molar refractivity (Wildman–Crippen MR) is 104 cm³/mol. The molecule has 1 atom stereocenters. The van der Waals surface area contributed by atoms with E-state index in [0.29, 0.717) is 21.7 Å². The molecule has 0 saturated carbocycles. The Balaban J connectivity index is 1.70. The summed E-state index contributed by atoms with van der Waals surface area (Å²) in [7, 11) is 0. The molecular weight excluding hydrogens is 405 g/mol. The van der Waals surface area contributed by atoms with Crippen molar-refractivity contribution in [1.82, 2.24) is 20.2 Å². The molecule has 0 saturated heterocycles. The van der Waals surface area contributed by atoms with E-state index < -0.39 is 12.6 Å². The average Bonchev–Trinajstić information content (AvgIpc) is 3.16. The van der Waals surface area contributed by atoms with Gasteiger partial charge >= 0.3 is 5.97 Å². The van der Waals surface area contributed by atoms with E-state index in [4.69, 9.17) is 33.0 Å². The molecule has 28 heavy (non-hydrogen) atoms. The van der Waals surface area contributed by atoms with Crippen molar-refractivity contribution in [1.29, 1.82) is 0 Å². The summed E-state index contributed by atoms with van der Waals surface area (Å²) in [6.45, 7) is -0.402. The molecule has 0 fully saturated rings. The molecule has 1 aliphatic rings. The van der Waals surface area contributed by atoms with Gasteiger partial charge in [0.05, 0.1) is 0 Å². The van der Waals surface area contributed by atoms with Gasteiger partial charge < -0.3 is 15.2 Å². The lowest BCUT2D eigenvalue weighted by Crippen LogP contribution is -2.20. The van der Waals surface area contributed by atoms with Gasteiger partial charge in [-0.1, -0.05) is 40.4 Å². The summed E-state index contributed by atoms with van der Waals surface area (Å²) < 4.78 is 6.81. The summed E-state index contributed by atoms with van der Waals surface area (Å²) in [5.41, 5.74) is 2.34. The second-order valence-corrected chi connectivity index (χ2v) is 6.82. The van der Waals surface area contributed by atoms with Crippen molar-refractivity contribution in [2.24, 2.45) is 0 Å². The van der Waals surface area contributed by atoms with Crippen LogP contribution in [0, 0.1) is 0 Å².